The average Bonchev–Trinajstić information content (AvgIpc) is 2.69. The molecule has 1 heterocycles. The predicted octanol–water partition coefficient (Wildman–Crippen LogP) is 2.96. The van der Waals surface area contributed by atoms with Crippen molar-refractivity contribution in [1.82, 2.24) is 10.2 Å². The van der Waals surface area contributed by atoms with Gasteiger partial charge in [-0.1, -0.05) is 18.2 Å². The molecule has 0 aromatic heterocycles. The van der Waals surface area contributed by atoms with Crippen molar-refractivity contribution in [3.05, 3.63) is 76.7 Å². The molecule has 2 aromatic rings. The summed E-state index contributed by atoms with van der Waals surface area (Å²) in [5.74, 6) is -1.65. The second-order valence-corrected chi connectivity index (χ2v) is 7.11. The molecule has 0 spiro atoms. The first-order valence-corrected chi connectivity index (χ1v) is 9.15. The van der Waals surface area contributed by atoms with Crippen LogP contribution < -0.4 is 10.6 Å². The molecule has 2 aromatic carbocycles. The molecule has 1 aliphatic heterocycles. The van der Waals surface area contributed by atoms with Crippen molar-refractivity contribution in [2.75, 3.05) is 19.4 Å². The Morgan fingerprint density at radius 3 is 2.48 bits per heavy atom. The maximum absolute atomic E-state index is 13.3. The number of carbonyl (C=O) groups is 3. The maximum Gasteiger partial charge on any atom is 0.253 e. The molecular weight excluding hydrogens is 373 g/mol. The number of nitrogens with one attached hydrogen (secondary N) is 2. The molecule has 6 nitrogen and oxygen atoms in total. The lowest BCUT2D eigenvalue weighted by atomic mass is 9.86. The van der Waals surface area contributed by atoms with Gasteiger partial charge < -0.3 is 15.5 Å². The highest BCUT2D eigenvalue weighted by Crippen LogP contribution is 2.31. The number of rotatable bonds is 4. The summed E-state index contributed by atoms with van der Waals surface area (Å²) >= 11 is 0. The van der Waals surface area contributed by atoms with Gasteiger partial charge in [0, 0.05) is 49.5 Å². The molecule has 0 saturated heterocycles. The van der Waals surface area contributed by atoms with E-state index in [9.17, 15) is 18.8 Å². The van der Waals surface area contributed by atoms with E-state index in [1.165, 1.54) is 23.2 Å². The summed E-state index contributed by atoms with van der Waals surface area (Å²) in [4.78, 5) is 38.7. The standard InChI is InChI=1S/C22H22FN3O3/c1-13-16(22(29)26(2)3)5-4-6-19(13)25-21(28)18-12-24-20(27)11-17(18)14-7-9-15(23)10-8-14/h4-10,12,17H,11H2,1-3H3,(H,24,27)(H,25,28). The molecule has 7 heteroatoms. The lowest BCUT2D eigenvalue weighted by Gasteiger charge is -2.24. The molecule has 0 saturated carbocycles. The molecule has 2 N–H and O–H groups in total. The smallest absolute Gasteiger partial charge is 0.253 e. The van der Waals surface area contributed by atoms with Crippen molar-refractivity contribution < 1.29 is 18.8 Å². The van der Waals surface area contributed by atoms with E-state index in [2.05, 4.69) is 10.6 Å². The van der Waals surface area contributed by atoms with Crippen LogP contribution >= 0.6 is 0 Å². The van der Waals surface area contributed by atoms with E-state index in [4.69, 9.17) is 0 Å². The number of amides is 3. The van der Waals surface area contributed by atoms with Gasteiger partial charge in [-0.15, -0.1) is 0 Å². The Bertz CT molecular complexity index is 997. The van der Waals surface area contributed by atoms with Crippen molar-refractivity contribution in [1.29, 1.82) is 0 Å². The zero-order chi connectivity index (χ0) is 21.1. The molecule has 3 rings (SSSR count). The molecular formula is C22H22FN3O3. The van der Waals surface area contributed by atoms with Crippen LogP contribution in [0.25, 0.3) is 0 Å². The summed E-state index contributed by atoms with van der Waals surface area (Å²) in [5.41, 5.74) is 2.70. The van der Waals surface area contributed by atoms with Gasteiger partial charge in [0.25, 0.3) is 11.8 Å². The van der Waals surface area contributed by atoms with E-state index in [1.54, 1.807) is 51.4 Å². The Morgan fingerprint density at radius 1 is 1.14 bits per heavy atom. The monoisotopic (exact) mass is 395 g/mol. The highest BCUT2D eigenvalue weighted by atomic mass is 19.1. The molecule has 0 radical (unpaired) electrons. The summed E-state index contributed by atoms with van der Waals surface area (Å²) in [6.07, 6.45) is 1.47. The van der Waals surface area contributed by atoms with Gasteiger partial charge >= 0.3 is 0 Å². The SMILES string of the molecule is Cc1c(NC(=O)C2=CNC(=O)CC2c2ccc(F)cc2)cccc1C(=O)N(C)C. The average molecular weight is 395 g/mol. The number of carbonyl (C=O) groups excluding carboxylic acids is 3. The fourth-order valence-corrected chi connectivity index (χ4v) is 3.27. The van der Waals surface area contributed by atoms with Gasteiger partial charge in [-0.25, -0.2) is 4.39 Å². The zero-order valence-corrected chi connectivity index (χ0v) is 16.5. The normalized spacial score (nSPS) is 15.9. The minimum Gasteiger partial charge on any atom is -0.345 e. The summed E-state index contributed by atoms with van der Waals surface area (Å²) in [7, 11) is 3.33. The van der Waals surface area contributed by atoms with E-state index in [0.29, 0.717) is 28.0 Å². The molecule has 0 aliphatic carbocycles. The Morgan fingerprint density at radius 2 is 1.83 bits per heavy atom. The van der Waals surface area contributed by atoms with Gasteiger partial charge in [-0.3, -0.25) is 14.4 Å². The largest absolute Gasteiger partial charge is 0.345 e. The van der Waals surface area contributed by atoms with Gasteiger partial charge in [0.05, 0.1) is 0 Å². The third-order valence-corrected chi connectivity index (χ3v) is 4.91. The van der Waals surface area contributed by atoms with Crippen LogP contribution in [0, 0.1) is 12.7 Å². The van der Waals surface area contributed by atoms with Gasteiger partial charge in [-0.05, 0) is 42.3 Å². The third-order valence-electron chi connectivity index (χ3n) is 4.91. The van der Waals surface area contributed by atoms with Gasteiger partial charge in [0.15, 0.2) is 0 Å². The van der Waals surface area contributed by atoms with Crippen molar-refractivity contribution in [2.24, 2.45) is 0 Å². The van der Waals surface area contributed by atoms with E-state index in [1.807, 2.05) is 0 Å². The molecule has 29 heavy (non-hydrogen) atoms. The van der Waals surface area contributed by atoms with Crippen molar-refractivity contribution in [3.8, 4) is 0 Å². The quantitative estimate of drug-likeness (QED) is 0.836. The van der Waals surface area contributed by atoms with Crippen molar-refractivity contribution in [2.45, 2.75) is 19.3 Å². The number of hydrogen-bond donors (Lipinski definition) is 2. The van der Waals surface area contributed by atoms with Crippen LogP contribution in [0.1, 0.15) is 33.8 Å². The van der Waals surface area contributed by atoms with E-state index < -0.39 is 11.8 Å². The highest BCUT2D eigenvalue weighted by Gasteiger charge is 2.29. The van der Waals surface area contributed by atoms with Crippen LogP contribution in [0.3, 0.4) is 0 Å². The number of anilines is 1. The lowest BCUT2D eigenvalue weighted by Crippen LogP contribution is -2.32. The number of hydrogen-bond acceptors (Lipinski definition) is 3. The van der Waals surface area contributed by atoms with Crippen LogP contribution in [0.2, 0.25) is 0 Å². The van der Waals surface area contributed by atoms with Crippen molar-refractivity contribution in [3.63, 3.8) is 0 Å². The number of benzene rings is 2. The Kier molecular flexibility index (Phi) is 5.77. The molecule has 1 aliphatic rings. The Balaban J connectivity index is 1.89. The molecule has 1 unspecified atom stereocenters. The molecule has 1 atom stereocenters. The van der Waals surface area contributed by atoms with Crippen molar-refractivity contribution >= 4 is 23.4 Å². The first-order chi connectivity index (χ1) is 13.8. The second-order valence-electron chi connectivity index (χ2n) is 7.11. The Labute approximate surface area is 168 Å². The minimum absolute atomic E-state index is 0.0863. The van der Waals surface area contributed by atoms with Crippen LogP contribution in [-0.4, -0.2) is 36.7 Å². The first kappa shape index (κ1) is 20.3. The van der Waals surface area contributed by atoms with Crippen LogP contribution in [0.15, 0.2) is 54.2 Å². The molecule has 3 amide bonds. The molecule has 150 valence electrons. The van der Waals surface area contributed by atoms with Gasteiger partial charge in [-0.2, -0.15) is 0 Å². The summed E-state index contributed by atoms with van der Waals surface area (Å²) in [6, 6.07) is 10.9. The summed E-state index contributed by atoms with van der Waals surface area (Å²) < 4.78 is 13.3. The topological polar surface area (TPSA) is 78.5 Å². The zero-order valence-electron chi connectivity index (χ0n) is 16.5. The highest BCUT2D eigenvalue weighted by molar-refractivity contribution is 6.07. The van der Waals surface area contributed by atoms with E-state index in [-0.39, 0.29) is 24.1 Å². The van der Waals surface area contributed by atoms with E-state index >= 15 is 0 Å². The number of halogens is 1. The van der Waals surface area contributed by atoms with Gasteiger partial charge in [0.1, 0.15) is 5.82 Å². The van der Waals surface area contributed by atoms with E-state index in [0.717, 1.165) is 0 Å². The van der Waals surface area contributed by atoms with Gasteiger partial charge in [0.2, 0.25) is 5.91 Å². The minimum atomic E-state index is -0.490. The second kappa shape index (κ2) is 8.26. The fraction of sp³-hybridized carbons (Fsp3) is 0.227. The lowest BCUT2D eigenvalue weighted by molar-refractivity contribution is -0.121. The van der Waals surface area contributed by atoms with Crippen LogP contribution in [0.5, 0.6) is 0 Å². The van der Waals surface area contributed by atoms with Crippen LogP contribution in [-0.2, 0) is 9.59 Å². The third kappa shape index (κ3) is 4.34. The fourth-order valence-electron chi connectivity index (χ4n) is 3.27. The maximum atomic E-state index is 13.3. The number of nitrogens with zero attached hydrogens (tertiary/aromatic N) is 1. The summed E-state index contributed by atoms with van der Waals surface area (Å²) in [6.45, 7) is 1.76. The first-order valence-electron chi connectivity index (χ1n) is 9.15. The Hall–Kier alpha value is -3.48. The van der Waals surface area contributed by atoms with Crippen LogP contribution in [0.4, 0.5) is 10.1 Å². The predicted molar refractivity (Wildman–Crippen MR) is 108 cm³/mol. The molecule has 0 bridgehead atoms. The summed E-state index contributed by atoms with van der Waals surface area (Å²) in [5, 5.41) is 5.41. The molecule has 0 fully saturated rings.